The molecule has 5 aromatic heterocycles. The molecule has 0 aliphatic rings. The summed E-state index contributed by atoms with van der Waals surface area (Å²) in [5, 5.41) is 13.4. The number of pyridine rings is 2. The van der Waals surface area contributed by atoms with Crippen LogP contribution in [0.4, 0.5) is 0 Å². The summed E-state index contributed by atoms with van der Waals surface area (Å²) < 4.78 is 0. The van der Waals surface area contributed by atoms with Crippen LogP contribution in [0.2, 0.25) is 0 Å². The van der Waals surface area contributed by atoms with Crippen molar-refractivity contribution in [1.82, 2.24) is 30.5 Å². The van der Waals surface area contributed by atoms with Crippen molar-refractivity contribution in [2.45, 2.75) is 20.4 Å². The Labute approximate surface area is 237 Å². The largest absolute Gasteiger partial charge is 0.353 e. The zero-order valence-electron chi connectivity index (χ0n) is 22.5. The molecule has 6 aromatic rings. The van der Waals surface area contributed by atoms with E-state index in [-0.39, 0.29) is 0 Å². The molecule has 0 aliphatic carbocycles. The van der Waals surface area contributed by atoms with Gasteiger partial charge in [-0.15, -0.1) is 11.3 Å². The lowest BCUT2D eigenvalue weighted by atomic mass is 10.0. The van der Waals surface area contributed by atoms with Crippen LogP contribution in [0.1, 0.15) is 23.1 Å². The van der Waals surface area contributed by atoms with Crippen molar-refractivity contribution in [3.05, 3.63) is 120 Å². The number of H-pyrrole nitrogens is 2. The Morgan fingerprint density at radius 3 is 2.62 bits per heavy atom. The van der Waals surface area contributed by atoms with E-state index < -0.39 is 0 Å². The van der Waals surface area contributed by atoms with Gasteiger partial charge in [-0.2, -0.15) is 5.10 Å². The van der Waals surface area contributed by atoms with E-state index in [1.54, 1.807) is 11.3 Å². The first-order valence-electron chi connectivity index (χ1n) is 13.3. The fourth-order valence-electron chi connectivity index (χ4n) is 4.85. The third-order valence-electron chi connectivity index (χ3n) is 6.94. The molecule has 3 N–H and O–H groups in total. The Morgan fingerprint density at radius 2 is 1.85 bits per heavy atom. The molecule has 6 nitrogen and oxygen atoms in total. The van der Waals surface area contributed by atoms with Crippen LogP contribution >= 0.6 is 11.3 Å². The molecule has 0 atom stereocenters. The van der Waals surface area contributed by atoms with Gasteiger partial charge in [0.05, 0.1) is 33.7 Å². The van der Waals surface area contributed by atoms with Gasteiger partial charge in [-0.25, -0.2) is 0 Å². The van der Waals surface area contributed by atoms with Gasteiger partial charge in [0.2, 0.25) is 0 Å². The Balaban J connectivity index is 1.30. The number of benzene rings is 1. The minimum Gasteiger partial charge on any atom is -0.353 e. The van der Waals surface area contributed by atoms with Crippen LogP contribution < -0.4 is 5.32 Å². The van der Waals surface area contributed by atoms with Crippen LogP contribution in [0.3, 0.4) is 0 Å². The van der Waals surface area contributed by atoms with Gasteiger partial charge in [-0.05, 0) is 67.0 Å². The lowest BCUT2D eigenvalue weighted by molar-refractivity contribution is 0.747. The summed E-state index contributed by atoms with van der Waals surface area (Å²) in [6.07, 6.45) is 9.83. The summed E-state index contributed by atoms with van der Waals surface area (Å²) in [6, 6.07) is 20.9. The Morgan fingerprint density at radius 1 is 1.00 bits per heavy atom. The molecule has 0 radical (unpaired) electrons. The highest BCUT2D eigenvalue weighted by Crippen LogP contribution is 2.35. The molecule has 6 rings (SSSR count). The standard InChI is InChI=1S/C33H30N6S/c1-4-22(18-34-19-23-9-7-6-8-10-23)15-24(5-2)28-16-26-30(20-36-28)38-39-32(26)29-17-25-27(37-29)13-14-35-33(25)31-12-11-21(3)40-31/h4-17,20,34,37H,1,18-19H2,2-3H3,(H,38,39)/b22-15+,24-5+. The van der Waals surface area contributed by atoms with Gasteiger partial charge in [-0.1, -0.05) is 49.1 Å². The number of aromatic nitrogens is 5. The molecule has 40 heavy (non-hydrogen) atoms. The molecule has 0 aliphatic heterocycles. The molecular weight excluding hydrogens is 512 g/mol. The van der Waals surface area contributed by atoms with Crippen molar-refractivity contribution < 1.29 is 0 Å². The van der Waals surface area contributed by atoms with E-state index >= 15 is 0 Å². The minimum atomic E-state index is 0.712. The van der Waals surface area contributed by atoms with Gasteiger partial charge in [0.1, 0.15) is 5.69 Å². The topological polar surface area (TPSA) is 82.3 Å². The highest BCUT2D eigenvalue weighted by Gasteiger charge is 2.16. The summed E-state index contributed by atoms with van der Waals surface area (Å²) in [5.74, 6) is 0. The second-order valence-electron chi connectivity index (χ2n) is 9.66. The van der Waals surface area contributed by atoms with Gasteiger partial charge in [-0.3, -0.25) is 15.1 Å². The summed E-state index contributed by atoms with van der Waals surface area (Å²) >= 11 is 1.75. The van der Waals surface area contributed by atoms with Gasteiger partial charge in [0.15, 0.2) is 0 Å². The van der Waals surface area contributed by atoms with E-state index in [1.807, 2.05) is 37.5 Å². The zero-order chi connectivity index (χ0) is 27.5. The van der Waals surface area contributed by atoms with Gasteiger partial charge in [0, 0.05) is 40.5 Å². The normalized spacial score (nSPS) is 12.4. The predicted molar refractivity (Wildman–Crippen MR) is 167 cm³/mol. The number of fused-ring (bicyclic) bond motifs is 2. The average Bonchev–Trinajstić information content (AvgIpc) is 3.72. The Kier molecular flexibility index (Phi) is 7.23. The fourth-order valence-corrected chi connectivity index (χ4v) is 5.73. The van der Waals surface area contributed by atoms with Crippen LogP contribution in [0.5, 0.6) is 0 Å². The monoisotopic (exact) mass is 542 g/mol. The lowest BCUT2D eigenvalue weighted by Gasteiger charge is -2.08. The first kappa shape index (κ1) is 25.7. The van der Waals surface area contributed by atoms with Crippen molar-refractivity contribution in [2.24, 2.45) is 0 Å². The molecule has 0 spiro atoms. The van der Waals surface area contributed by atoms with Crippen LogP contribution in [-0.4, -0.2) is 31.7 Å². The maximum Gasteiger partial charge on any atom is 0.116 e. The number of aromatic amines is 2. The number of nitrogens with one attached hydrogen (secondary N) is 3. The van der Waals surface area contributed by atoms with Crippen molar-refractivity contribution >= 4 is 38.7 Å². The molecule has 0 unspecified atom stereocenters. The van der Waals surface area contributed by atoms with E-state index in [1.165, 1.54) is 10.4 Å². The SMILES string of the molecule is C=C/C(=C\C(=C/C)c1cc2c(-c3cc4c(-c5ccc(C)s5)nccc4[nH]3)n[nH]c2cn1)CNCc1ccccc1. The molecule has 0 fully saturated rings. The van der Waals surface area contributed by atoms with E-state index in [9.17, 15) is 0 Å². The van der Waals surface area contributed by atoms with Crippen molar-refractivity contribution in [3.8, 4) is 22.0 Å². The van der Waals surface area contributed by atoms with Gasteiger partial charge < -0.3 is 10.3 Å². The van der Waals surface area contributed by atoms with Crippen molar-refractivity contribution in [3.63, 3.8) is 0 Å². The van der Waals surface area contributed by atoms with Gasteiger partial charge >= 0.3 is 0 Å². The summed E-state index contributed by atoms with van der Waals surface area (Å²) in [5.41, 5.74) is 8.96. The number of aryl methyl sites for hydroxylation is 1. The quantitative estimate of drug-likeness (QED) is 0.163. The molecule has 5 heterocycles. The molecule has 0 saturated heterocycles. The Hall–Kier alpha value is -4.59. The van der Waals surface area contributed by atoms with Crippen LogP contribution in [0.15, 0.2) is 103 Å². The highest BCUT2D eigenvalue weighted by molar-refractivity contribution is 7.15. The number of allylic oxidation sites excluding steroid dienone is 3. The van der Waals surface area contributed by atoms with Crippen LogP contribution in [0, 0.1) is 6.92 Å². The van der Waals surface area contributed by atoms with Crippen molar-refractivity contribution in [2.75, 3.05) is 6.54 Å². The number of rotatable bonds is 9. The van der Waals surface area contributed by atoms with Crippen LogP contribution in [-0.2, 0) is 6.54 Å². The van der Waals surface area contributed by atoms with E-state index in [2.05, 4.69) is 94.7 Å². The second kappa shape index (κ2) is 11.3. The van der Waals surface area contributed by atoms with E-state index in [0.29, 0.717) is 6.54 Å². The molecule has 198 valence electrons. The third-order valence-corrected chi connectivity index (χ3v) is 7.94. The molecule has 0 amide bonds. The first-order valence-corrected chi connectivity index (χ1v) is 14.1. The lowest BCUT2D eigenvalue weighted by Crippen LogP contribution is -2.16. The average molecular weight is 543 g/mol. The molecule has 1 aromatic carbocycles. The summed E-state index contributed by atoms with van der Waals surface area (Å²) in [7, 11) is 0. The maximum absolute atomic E-state index is 4.74. The maximum atomic E-state index is 4.74. The number of hydrogen-bond donors (Lipinski definition) is 3. The third kappa shape index (κ3) is 5.17. The predicted octanol–water partition coefficient (Wildman–Crippen LogP) is 7.84. The van der Waals surface area contributed by atoms with E-state index in [0.717, 1.165) is 67.1 Å². The number of hydrogen-bond acceptors (Lipinski definition) is 5. The summed E-state index contributed by atoms with van der Waals surface area (Å²) in [4.78, 5) is 15.4. The number of nitrogens with zero attached hydrogens (tertiary/aromatic N) is 3. The van der Waals surface area contributed by atoms with Crippen molar-refractivity contribution in [1.29, 1.82) is 0 Å². The van der Waals surface area contributed by atoms with Gasteiger partial charge in [0.25, 0.3) is 0 Å². The molecule has 0 saturated carbocycles. The molecular formula is C33H30N6S. The fraction of sp³-hybridized carbons (Fsp3) is 0.121. The molecule has 0 bridgehead atoms. The highest BCUT2D eigenvalue weighted by atomic mass is 32.1. The second-order valence-corrected chi connectivity index (χ2v) is 10.9. The van der Waals surface area contributed by atoms with Crippen LogP contribution in [0.25, 0.3) is 49.3 Å². The minimum absolute atomic E-state index is 0.712. The van der Waals surface area contributed by atoms with E-state index in [4.69, 9.17) is 9.97 Å². The first-order chi connectivity index (χ1) is 19.6. The zero-order valence-corrected chi connectivity index (χ0v) is 23.3. The Bertz CT molecular complexity index is 1870. The number of thiophene rings is 1. The smallest absolute Gasteiger partial charge is 0.116 e. The molecule has 7 heteroatoms. The summed E-state index contributed by atoms with van der Waals surface area (Å²) in [6.45, 7) is 9.70.